The van der Waals surface area contributed by atoms with Crippen LogP contribution in [0.15, 0.2) is 78.9 Å². The van der Waals surface area contributed by atoms with E-state index in [4.69, 9.17) is 9.47 Å². The number of hydrogen-bond acceptors (Lipinski definition) is 3. The van der Waals surface area contributed by atoms with E-state index in [0.717, 1.165) is 42.6 Å². The second-order valence-electron chi connectivity index (χ2n) is 7.14. The fourth-order valence-electron chi connectivity index (χ4n) is 3.58. The molecule has 1 unspecified atom stereocenters. The molecule has 0 N–H and O–H groups in total. The van der Waals surface area contributed by atoms with Gasteiger partial charge < -0.3 is 9.47 Å². The Morgan fingerprint density at radius 1 is 0.893 bits per heavy atom. The minimum absolute atomic E-state index is 0.0396. The van der Waals surface area contributed by atoms with Crippen LogP contribution in [-0.2, 0) is 17.6 Å². The van der Waals surface area contributed by atoms with Crippen molar-refractivity contribution in [3.05, 3.63) is 95.6 Å². The quantitative estimate of drug-likeness (QED) is 0.395. The van der Waals surface area contributed by atoms with Crippen LogP contribution in [0, 0.1) is 0 Å². The van der Waals surface area contributed by atoms with Crippen molar-refractivity contribution < 1.29 is 14.3 Å². The molecule has 0 saturated carbocycles. The molecule has 3 aromatic rings. The minimum atomic E-state index is -0.174. The Balaban J connectivity index is 1.48. The van der Waals surface area contributed by atoms with Crippen molar-refractivity contribution in [1.82, 2.24) is 0 Å². The number of hydrogen-bond donors (Lipinski definition) is 0. The highest BCUT2D eigenvalue weighted by Gasteiger charge is 2.19. The Morgan fingerprint density at radius 3 is 2.43 bits per heavy atom. The molecule has 142 valence electrons. The lowest BCUT2D eigenvalue weighted by Crippen LogP contribution is -2.16. The largest absolute Gasteiger partial charge is 0.486 e. The summed E-state index contributed by atoms with van der Waals surface area (Å²) < 4.78 is 11.7. The van der Waals surface area contributed by atoms with Crippen LogP contribution in [0.4, 0.5) is 0 Å². The Kier molecular flexibility index (Phi) is 5.72. The van der Waals surface area contributed by atoms with Crippen LogP contribution in [0.2, 0.25) is 0 Å². The molecule has 1 heterocycles. The summed E-state index contributed by atoms with van der Waals surface area (Å²) in [5.41, 5.74) is 3.56. The first-order chi connectivity index (χ1) is 13.8. The number of esters is 1. The van der Waals surface area contributed by atoms with E-state index in [0.29, 0.717) is 12.2 Å². The zero-order valence-electron chi connectivity index (χ0n) is 15.8. The van der Waals surface area contributed by atoms with E-state index in [9.17, 15) is 4.79 Å². The van der Waals surface area contributed by atoms with Gasteiger partial charge in [0.15, 0.2) is 0 Å². The highest BCUT2D eigenvalue weighted by molar-refractivity contribution is 5.75. The van der Waals surface area contributed by atoms with Crippen molar-refractivity contribution in [1.29, 1.82) is 0 Å². The van der Waals surface area contributed by atoms with E-state index < -0.39 is 0 Å². The first-order valence-corrected chi connectivity index (χ1v) is 9.87. The fraction of sp³-hybridized carbons (Fsp3) is 0.240. The SMILES string of the molecule is O=C1CCc2ccc(OC(CCCc3ccccc3)c3ccccc3)cc2O1. The third kappa shape index (κ3) is 4.61. The van der Waals surface area contributed by atoms with E-state index in [-0.39, 0.29) is 12.1 Å². The molecule has 1 aliphatic rings. The van der Waals surface area contributed by atoms with Gasteiger partial charge in [0.2, 0.25) is 0 Å². The van der Waals surface area contributed by atoms with E-state index in [1.807, 2.05) is 42.5 Å². The molecular formula is C25H24O3. The van der Waals surface area contributed by atoms with E-state index in [1.54, 1.807) is 0 Å². The van der Waals surface area contributed by atoms with Gasteiger partial charge in [-0.15, -0.1) is 0 Å². The van der Waals surface area contributed by atoms with Crippen LogP contribution in [0.5, 0.6) is 11.5 Å². The molecule has 1 aliphatic heterocycles. The summed E-state index contributed by atoms with van der Waals surface area (Å²) in [6.07, 6.45) is 4.10. The summed E-state index contributed by atoms with van der Waals surface area (Å²) in [4.78, 5) is 11.6. The summed E-state index contributed by atoms with van der Waals surface area (Å²) in [5.74, 6) is 1.19. The van der Waals surface area contributed by atoms with Crippen molar-refractivity contribution in [3.63, 3.8) is 0 Å². The van der Waals surface area contributed by atoms with Crippen LogP contribution < -0.4 is 9.47 Å². The van der Waals surface area contributed by atoms with Gasteiger partial charge >= 0.3 is 5.97 Å². The van der Waals surface area contributed by atoms with Gasteiger partial charge in [-0.3, -0.25) is 4.79 Å². The maximum absolute atomic E-state index is 11.6. The van der Waals surface area contributed by atoms with Crippen molar-refractivity contribution in [2.24, 2.45) is 0 Å². The van der Waals surface area contributed by atoms with Gasteiger partial charge in [0.25, 0.3) is 0 Å². The van der Waals surface area contributed by atoms with Crippen LogP contribution in [0.25, 0.3) is 0 Å². The average molecular weight is 372 g/mol. The maximum Gasteiger partial charge on any atom is 0.311 e. The van der Waals surface area contributed by atoms with Crippen molar-refractivity contribution in [3.8, 4) is 11.5 Å². The van der Waals surface area contributed by atoms with Crippen molar-refractivity contribution in [2.45, 2.75) is 38.2 Å². The molecule has 0 saturated heterocycles. The van der Waals surface area contributed by atoms with Gasteiger partial charge in [0, 0.05) is 6.07 Å². The van der Waals surface area contributed by atoms with Gasteiger partial charge in [-0.1, -0.05) is 66.7 Å². The average Bonchev–Trinajstić information content (AvgIpc) is 2.74. The second kappa shape index (κ2) is 8.75. The highest BCUT2D eigenvalue weighted by atomic mass is 16.5. The van der Waals surface area contributed by atoms with Crippen LogP contribution >= 0.6 is 0 Å². The number of carbonyl (C=O) groups excluding carboxylic acids is 1. The zero-order chi connectivity index (χ0) is 19.2. The number of aryl methyl sites for hydroxylation is 2. The number of benzene rings is 3. The van der Waals surface area contributed by atoms with Gasteiger partial charge in [-0.2, -0.15) is 0 Å². The molecule has 3 aromatic carbocycles. The summed E-state index contributed by atoms with van der Waals surface area (Å²) in [7, 11) is 0. The normalized spacial score (nSPS) is 14.1. The molecule has 0 aliphatic carbocycles. The van der Waals surface area contributed by atoms with Gasteiger partial charge in [-0.25, -0.2) is 0 Å². The Labute approximate surface area is 165 Å². The van der Waals surface area contributed by atoms with E-state index in [2.05, 4.69) is 36.4 Å². The van der Waals surface area contributed by atoms with E-state index >= 15 is 0 Å². The van der Waals surface area contributed by atoms with Crippen LogP contribution in [0.1, 0.15) is 42.1 Å². The molecule has 4 rings (SSSR count). The molecule has 0 spiro atoms. The van der Waals surface area contributed by atoms with Crippen molar-refractivity contribution in [2.75, 3.05) is 0 Å². The number of ether oxygens (including phenoxy) is 2. The van der Waals surface area contributed by atoms with Gasteiger partial charge in [0.1, 0.15) is 17.6 Å². The maximum atomic E-state index is 11.6. The number of carbonyl (C=O) groups is 1. The first-order valence-electron chi connectivity index (χ1n) is 9.87. The standard InChI is InChI=1S/C25H24O3/c26-25-17-15-21-14-16-22(18-24(21)28-25)27-23(20-11-5-2-6-12-20)13-7-10-19-8-3-1-4-9-19/h1-6,8-9,11-12,14,16,18,23H,7,10,13,15,17H2. The highest BCUT2D eigenvalue weighted by Crippen LogP contribution is 2.33. The third-order valence-corrected chi connectivity index (χ3v) is 5.09. The molecule has 3 heteroatoms. The van der Waals surface area contributed by atoms with Gasteiger partial charge in [-0.05, 0) is 48.4 Å². The topological polar surface area (TPSA) is 35.5 Å². The third-order valence-electron chi connectivity index (χ3n) is 5.09. The summed E-state index contributed by atoms with van der Waals surface area (Å²) in [6, 6.07) is 26.7. The van der Waals surface area contributed by atoms with Crippen molar-refractivity contribution >= 4 is 5.97 Å². The molecule has 0 bridgehead atoms. The molecule has 28 heavy (non-hydrogen) atoms. The fourth-order valence-corrected chi connectivity index (χ4v) is 3.58. The summed E-state index contributed by atoms with van der Waals surface area (Å²) in [6.45, 7) is 0. The van der Waals surface area contributed by atoms with Crippen LogP contribution in [-0.4, -0.2) is 5.97 Å². The number of fused-ring (bicyclic) bond motifs is 1. The lowest BCUT2D eigenvalue weighted by atomic mass is 10.0. The Bertz CT molecular complexity index is 919. The van der Waals surface area contributed by atoms with Crippen LogP contribution in [0.3, 0.4) is 0 Å². The lowest BCUT2D eigenvalue weighted by molar-refractivity contribution is -0.135. The monoisotopic (exact) mass is 372 g/mol. The summed E-state index contributed by atoms with van der Waals surface area (Å²) in [5, 5.41) is 0. The zero-order valence-corrected chi connectivity index (χ0v) is 15.8. The van der Waals surface area contributed by atoms with Gasteiger partial charge in [0.05, 0.1) is 6.42 Å². The Morgan fingerprint density at radius 2 is 1.64 bits per heavy atom. The lowest BCUT2D eigenvalue weighted by Gasteiger charge is -2.22. The molecule has 1 atom stereocenters. The molecular weight excluding hydrogens is 348 g/mol. The molecule has 0 aromatic heterocycles. The first kappa shape index (κ1) is 18.3. The smallest absolute Gasteiger partial charge is 0.311 e. The molecule has 3 nitrogen and oxygen atoms in total. The Hall–Kier alpha value is -3.07. The minimum Gasteiger partial charge on any atom is -0.486 e. The molecule has 0 amide bonds. The molecule has 0 radical (unpaired) electrons. The number of rotatable bonds is 7. The predicted molar refractivity (Wildman–Crippen MR) is 110 cm³/mol. The summed E-state index contributed by atoms with van der Waals surface area (Å²) >= 11 is 0. The van der Waals surface area contributed by atoms with E-state index in [1.165, 1.54) is 5.56 Å². The predicted octanol–water partition coefficient (Wildman–Crippen LogP) is 5.68. The molecule has 0 fully saturated rings. The second-order valence-corrected chi connectivity index (χ2v) is 7.14.